The summed E-state index contributed by atoms with van der Waals surface area (Å²) in [6.07, 6.45) is 0.397. The summed E-state index contributed by atoms with van der Waals surface area (Å²) in [4.78, 5) is 11.2. The minimum Gasteiger partial charge on any atom is -0.496 e. The van der Waals surface area contributed by atoms with E-state index in [1.165, 1.54) is 0 Å². The van der Waals surface area contributed by atoms with Gasteiger partial charge in [0.1, 0.15) is 11.5 Å². The number of methoxy groups -OCH3 is 1. The number of benzene rings is 1. The third kappa shape index (κ3) is 2.77. The van der Waals surface area contributed by atoms with Gasteiger partial charge in [-0.15, -0.1) is 0 Å². The van der Waals surface area contributed by atoms with Gasteiger partial charge in [-0.2, -0.15) is 12.6 Å². The fourth-order valence-electron chi connectivity index (χ4n) is 1.31. The van der Waals surface area contributed by atoms with E-state index in [1.807, 2.05) is 25.1 Å². The van der Waals surface area contributed by atoms with E-state index in [0.717, 1.165) is 16.9 Å². The van der Waals surface area contributed by atoms with Crippen LogP contribution in [0.4, 0.5) is 0 Å². The van der Waals surface area contributed by atoms with E-state index < -0.39 is 0 Å². The second-order valence-corrected chi connectivity index (χ2v) is 3.51. The molecule has 0 unspecified atom stereocenters. The first kappa shape index (κ1) is 11.1. The van der Waals surface area contributed by atoms with Crippen LogP contribution in [0.5, 0.6) is 5.75 Å². The predicted octanol–water partition coefficient (Wildman–Crippen LogP) is 2.05. The van der Waals surface area contributed by atoms with E-state index in [0.29, 0.717) is 6.42 Å². The monoisotopic (exact) mass is 210 g/mol. The first-order valence-corrected chi connectivity index (χ1v) is 5.06. The lowest BCUT2D eigenvalue weighted by atomic mass is 10.1. The van der Waals surface area contributed by atoms with Crippen LogP contribution >= 0.6 is 12.6 Å². The Bertz CT molecular complexity index is 334. The minimum atomic E-state index is 0.109. The smallest absolute Gasteiger partial charge is 0.146 e. The van der Waals surface area contributed by atoms with Gasteiger partial charge in [-0.3, -0.25) is 4.79 Å². The Kier molecular flexibility index (Phi) is 4.01. The molecule has 0 atom stereocenters. The molecule has 3 heteroatoms. The molecule has 1 rings (SSSR count). The van der Waals surface area contributed by atoms with Crippen LogP contribution in [0.2, 0.25) is 0 Å². The molecule has 0 saturated carbocycles. The Balaban J connectivity index is 2.93. The summed E-state index contributed by atoms with van der Waals surface area (Å²) in [5.41, 5.74) is 2.07. The van der Waals surface area contributed by atoms with Gasteiger partial charge in [0.2, 0.25) is 0 Å². The number of carbonyl (C=O) groups excluding carboxylic acids is 1. The molecule has 0 radical (unpaired) electrons. The van der Waals surface area contributed by atoms with Crippen LogP contribution in [-0.2, 0) is 11.2 Å². The Morgan fingerprint density at radius 2 is 2.21 bits per heavy atom. The fourth-order valence-corrected chi connectivity index (χ4v) is 1.43. The van der Waals surface area contributed by atoms with Crippen molar-refractivity contribution in [2.24, 2.45) is 0 Å². The van der Waals surface area contributed by atoms with Crippen molar-refractivity contribution in [3.63, 3.8) is 0 Å². The number of hydrogen-bond acceptors (Lipinski definition) is 3. The van der Waals surface area contributed by atoms with Crippen molar-refractivity contribution in [2.45, 2.75) is 13.3 Å². The molecule has 0 aromatic heterocycles. The van der Waals surface area contributed by atoms with Gasteiger partial charge < -0.3 is 4.74 Å². The Morgan fingerprint density at radius 3 is 2.79 bits per heavy atom. The SMILES string of the molecule is COc1ccc(C)cc1CC(=O)CS. The molecule has 1 aromatic rings. The number of carbonyl (C=O) groups is 1. The van der Waals surface area contributed by atoms with E-state index in [1.54, 1.807) is 7.11 Å². The summed E-state index contributed by atoms with van der Waals surface area (Å²) in [6.45, 7) is 1.99. The highest BCUT2D eigenvalue weighted by molar-refractivity contribution is 7.81. The van der Waals surface area contributed by atoms with Crippen molar-refractivity contribution in [3.8, 4) is 5.75 Å². The molecule has 0 spiro atoms. The van der Waals surface area contributed by atoms with Gasteiger partial charge in [0.15, 0.2) is 0 Å². The molecule has 76 valence electrons. The Labute approximate surface area is 89.7 Å². The summed E-state index contributed by atoms with van der Waals surface area (Å²) < 4.78 is 5.17. The van der Waals surface area contributed by atoms with Crippen molar-refractivity contribution >= 4 is 18.4 Å². The highest BCUT2D eigenvalue weighted by Gasteiger charge is 2.07. The average molecular weight is 210 g/mol. The number of Topliss-reactive ketones (excluding diaryl/α,β-unsaturated/α-hetero) is 1. The van der Waals surface area contributed by atoms with Crippen LogP contribution in [0, 0.1) is 6.92 Å². The van der Waals surface area contributed by atoms with Crippen molar-refractivity contribution in [1.29, 1.82) is 0 Å². The Hall–Kier alpha value is -0.960. The largest absolute Gasteiger partial charge is 0.496 e. The second-order valence-electron chi connectivity index (χ2n) is 3.19. The number of rotatable bonds is 4. The number of ketones is 1. The van der Waals surface area contributed by atoms with E-state index in [2.05, 4.69) is 12.6 Å². The molecule has 0 saturated heterocycles. The highest BCUT2D eigenvalue weighted by Crippen LogP contribution is 2.20. The minimum absolute atomic E-state index is 0.109. The van der Waals surface area contributed by atoms with Gasteiger partial charge >= 0.3 is 0 Å². The number of thiol groups is 1. The van der Waals surface area contributed by atoms with Gasteiger partial charge in [0.05, 0.1) is 7.11 Å². The summed E-state index contributed by atoms with van der Waals surface area (Å²) in [5.74, 6) is 1.15. The van der Waals surface area contributed by atoms with Crippen molar-refractivity contribution in [1.82, 2.24) is 0 Å². The number of ether oxygens (including phenoxy) is 1. The van der Waals surface area contributed by atoms with E-state index >= 15 is 0 Å². The molecule has 0 aliphatic heterocycles. The summed E-state index contributed by atoms with van der Waals surface area (Å²) in [6, 6.07) is 5.82. The lowest BCUT2D eigenvalue weighted by molar-refractivity contribution is -0.116. The highest BCUT2D eigenvalue weighted by atomic mass is 32.1. The first-order valence-electron chi connectivity index (χ1n) is 4.43. The standard InChI is InChI=1S/C11H14O2S/c1-8-3-4-11(13-2)9(5-8)6-10(12)7-14/h3-5,14H,6-7H2,1-2H3. The van der Waals surface area contributed by atoms with Crippen LogP contribution in [-0.4, -0.2) is 18.6 Å². The fraction of sp³-hybridized carbons (Fsp3) is 0.364. The molecular formula is C11H14O2S. The maximum absolute atomic E-state index is 11.2. The van der Waals surface area contributed by atoms with Crippen molar-refractivity contribution in [2.75, 3.05) is 12.9 Å². The number of hydrogen-bond donors (Lipinski definition) is 1. The van der Waals surface area contributed by atoms with Gasteiger partial charge in [0, 0.05) is 17.7 Å². The molecule has 2 nitrogen and oxygen atoms in total. The van der Waals surface area contributed by atoms with Gasteiger partial charge in [-0.05, 0) is 13.0 Å². The third-order valence-electron chi connectivity index (χ3n) is 2.00. The zero-order chi connectivity index (χ0) is 10.6. The third-order valence-corrected chi connectivity index (χ3v) is 2.35. The van der Waals surface area contributed by atoms with Gasteiger partial charge in [-0.1, -0.05) is 17.7 Å². The zero-order valence-electron chi connectivity index (χ0n) is 8.41. The normalized spacial score (nSPS) is 9.93. The molecule has 0 bridgehead atoms. The predicted molar refractivity (Wildman–Crippen MR) is 60.3 cm³/mol. The molecule has 0 amide bonds. The molecule has 0 N–H and O–H groups in total. The summed E-state index contributed by atoms with van der Waals surface area (Å²) >= 11 is 3.94. The molecular weight excluding hydrogens is 196 g/mol. The molecule has 0 aliphatic carbocycles. The van der Waals surface area contributed by atoms with E-state index in [9.17, 15) is 4.79 Å². The lowest BCUT2D eigenvalue weighted by Gasteiger charge is -2.07. The zero-order valence-corrected chi connectivity index (χ0v) is 9.30. The van der Waals surface area contributed by atoms with Crippen LogP contribution < -0.4 is 4.74 Å². The maximum atomic E-state index is 11.2. The second kappa shape index (κ2) is 5.05. The maximum Gasteiger partial charge on any atom is 0.146 e. The van der Waals surface area contributed by atoms with Crippen LogP contribution in [0.3, 0.4) is 0 Å². The van der Waals surface area contributed by atoms with E-state index in [-0.39, 0.29) is 11.5 Å². The first-order chi connectivity index (χ1) is 6.67. The number of aryl methyl sites for hydroxylation is 1. The van der Waals surface area contributed by atoms with Gasteiger partial charge in [0.25, 0.3) is 0 Å². The van der Waals surface area contributed by atoms with Crippen molar-refractivity contribution in [3.05, 3.63) is 29.3 Å². The van der Waals surface area contributed by atoms with Crippen molar-refractivity contribution < 1.29 is 9.53 Å². The lowest BCUT2D eigenvalue weighted by Crippen LogP contribution is -2.05. The molecule has 0 heterocycles. The summed E-state index contributed by atoms with van der Waals surface area (Å²) in [5, 5.41) is 0. The molecule has 0 aliphatic rings. The summed E-state index contributed by atoms with van der Waals surface area (Å²) in [7, 11) is 1.61. The molecule has 14 heavy (non-hydrogen) atoms. The average Bonchev–Trinajstić information content (AvgIpc) is 2.18. The molecule has 1 aromatic carbocycles. The van der Waals surface area contributed by atoms with Crippen LogP contribution in [0.15, 0.2) is 18.2 Å². The van der Waals surface area contributed by atoms with Crippen LogP contribution in [0.1, 0.15) is 11.1 Å². The quantitative estimate of drug-likeness (QED) is 0.770. The molecule has 0 fully saturated rings. The Morgan fingerprint density at radius 1 is 1.50 bits per heavy atom. The van der Waals surface area contributed by atoms with E-state index in [4.69, 9.17) is 4.74 Å². The topological polar surface area (TPSA) is 26.3 Å². The van der Waals surface area contributed by atoms with Gasteiger partial charge in [-0.25, -0.2) is 0 Å². The van der Waals surface area contributed by atoms with Crippen LogP contribution in [0.25, 0.3) is 0 Å².